The maximum absolute atomic E-state index is 13.0. The molecule has 2 aromatic carbocycles. The molecule has 0 radical (unpaired) electrons. The highest BCUT2D eigenvalue weighted by molar-refractivity contribution is 9.10. The van der Waals surface area contributed by atoms with Crippen molar-refractivity contribution in [3.05, 3.63) is 69.9 Å². The predicted octanol–water partition coefficient (Wildman–Crippen LogP) is 3.80. The number of hydrogen-bond acceptors (Lipinski definition) is 2. The number of rotatable bonds is 2. The fourth-order valence-corrected chi connectivity index (χ4v) is 2.75. The minimum absolute atomic E-state index is 0.0922. The summed E-state index contributed by atoms with van der Waals surface area (Å²) in [6.45, 7) is 1.54. The van der Waals surface area contributed by atoms with E-state index in [4.69, 9.17) is 4.74 Å². The van der Waals surface area contributed by atoms with Crippen LogP contribution in [0.2, 0.25) is 0 Å². The van der Waals surface area contributed by atoms with Crippen molar-refractivity contribution in [3.8, 4) is 0 Å². The van der Waals surface area contributed by atoms with Gasteiger partial charge in [-0.3, -0.25) is 4.79 Å². The Labute approximate surface area is 136 Å². The maximum atomic E-state index is 13.0. The molecule has 1 fully saturated rings. The SMILES string of the molecule is O=C(c1ccc(F)cc1)N1CCOC(c2ccc(Br)cc2)C1. The molecule has 1 heterocycles. The number of hydrogen-bond donors (Lipinski definition) is 0. The van der Waals surface area contributed by atoms with Gasteiger partial charge in [0.2, 0.25) is 0 Å². The molecule has 1 saturated heterocycles. The third kappa shape index (κ3) is 3.36. The van der Waals surface area contributed by atoms with E-state index in [1.807, 2.05) is 24.3 Å². The third-order valence-corrected chi connectivity index (χ3v) is 4.22. The fraction of sp³-hybridized carbons (Fsp3) is 0.235. The van der Waals surface area contributed by atoms with Crippen LogP contribution in [0.4, 0.5) is 4.39 Å². The third-order valence-electron chi connectivity index (χ3n) is 3.69. The Hall–Kier alpha value is -1.72. The van der Waals surface area contributed by atoms with E-state index in [-0.39, 0.29) is 17.8 Å². The highest BCUT2D eigenvalue weighted by Crippen LogP contribution is 2.24. The number of halogens is 2. The number of benzene rings is 2. The normalized spacial score (nSPS) is 18.3. The van der Waals surface area contributed by atoms with Gasteiger partial charge in [0, 0.05) is 16.6 Å². The molecule has 0 spiro atoms. The van der Waals surface area contributed by atoms with Crippen LogP contribution in [-0.4, -0.2) is 30.5 Å². The molecule has 1 amide bonds. The Bertz CT molecular complexity index is 657. The maximum Gasteiger partial charge on any atom is 0.254 e. The Morgan fingerprint density at radius 3 is 2.50 bits per heavy atom. The van der Waals surface area contributed by atoms with E-state index >= 15 is 0 Å². The second-order valence-corrected chi connectivity index (χ2v) is 6.08. The van der Waals surface area contributed by atoms with E-state index in [1.165, 1.54) is 24.3 Å². The summed E-state index contributed by atoms with van der Waals surface area (Å²) in [5.74, 6) is -0.434. The molecule has 1 aliphatic heterocycles. The number of amides is 1. The van der Waals surface area contributed by atoms with Crippen LogP contribution in [0.5, 0.6) is 0 Å². The minimum atomic E-state index is -0.341. The summed E-state index contributed by atoms with van der Waals surface area (Å²) in [7, 11) is 0. The van der Waals surface area contributed by atoms with Crippen LogP contribution < -0.4 is 0 Å². The lowest BCUT2D eigenvalue weighted by atomic mass is 10.1. The van der Waals surface area contributed by atoms with Gasteiger partial charge < -0.3 is 9.64 Å². The van der Waals surface area contributed by atoms with Crippen molar-refractivity contribution in [2.24, 2.45) is 0 Å². The van der Waals surface area contributed by atoms with Gasteiger partial charge in [-0.25, -0.2) is 4.39 Å². The van der Waals surface area contributed by atoms with Crippen LogP contribution in [0.3, 0.4) is 0 Å². The van der Waals surface area contributed by atoms with Gasteiger partial charge in [0.15, 0.2) is 0 Å². The van der Waals surface area contributed by atoms with Gasteiger partial charge in [-0.1, -0.05) is 28.1 Å². The van der Waals surface area contributed by atoms with Crippen LogP contribution >= 0.6 is 15.9 Å². The largest absolute Gasteiger partial charge is 0.370 e. The highest BCUT2D eigenvalue weighted by atomic mass is 79.9. The van der Waals surface area contributed by atoms with Crippen LogP contribution in [-0.2, 0) is 4.74 Å². The summed E-state index contributed by atoms with van der Waals surface area (Å²) in [5.41, 5.74) is 1.54. The van der Waals surface area contributed by atoms with E-state index < -0.39 is 0 Å². The van der Waals surface area contributed by atoms with Crippen molar-refractivity contribution >= 4 is 21.8 Å². The van der Waals surface area contributed by atoms with E-state index in [9.17, 15) is 9.18 Å². The molecular formula is C17H15BrFNO2. The average molecular weight is 364 g/mol. The molecule has 0 saturated carbocycles. The van der Waals surface area contributed by atoms with Crippen LogP contribution in [0.1, 0.15) is 22.0 Å². The first-order valence-electron chi connectivity index (χ1n) is 7.05. The number of ether oxygens (including phenoxy) is 1. The Morgan fingerprint density at radius 2 is 1.82 bits per heavy atom. The lowest BCUT2D eigenvalue weighted by Crippen LogP contribution is -2.42. The second kappa shape index (κ2) is 6.58. The molecule has 0 aromatic heterocycles. The summed E-state index contributed by atoms with van der Waals surface area (Å²) in [4.78, 5) is 14.2. The number of nitrogens with zero attached hydrogens (tertiary/aromatic N) is 1. The Kier molecular flexibility index (Phi) is 4.55. The van der Waals surface area contributed by atoms with Crippen molar-refractivity contribution in [2.75, 3.05) is 19.7 Å². The van der Waals surface area contributed by atoms with Gasteiger partial charge in [0.25, 0.3) is 5.91 Å². The van der Waals surface area contributed by atoms with E-state index in [1.54, 1.807) is 4.90 Å². The fourth-order valence-electron chi connectivity index (χ4n) is 2.49. The molecule has 0 aliphatic carbocycles. The van der Waals surface area contributed by atoms with Crippen molar-refractivity contribution < 1.29 is 13.9 Å². The smallest absolute Gasteiger partial charge is 0.254 e. The molecule has 22 heavy (non-hydrogen) atoms. The van der Waals surface area contributed by atoms with E-state index in [0.29, 0.717) is 25.3 Å². The van der Waals surface area contributed by atoms with Crippen LogP contribution in [0.25, 0.3) is 0 Å². The monoisotopic (exact) mass is 363 g/mol. The van der Waals surface area contributed by atoms with Crippen LogP contribution in [0.15, 0.2) is 53.0 Å². The average Bonchev–Trinajstić information content (AvgIpc) is 2.56. The first-order valence-corrected chi connectivity index (χ1v) is 7.85. The van der Waals surface area contributed by atoms with Gasteiger partial charge in [-0.2, -0.15) is 0 Å². The lowest BCUT2D eigenvalue weighted by Gasteiger charge is -2.33. The van der Waals surface area contributed by atoms with Gasteiger partial charge >= 0.3 is 0 Å². The lowest BCUT2D eigenvalue weighted by molar-refractivity contribution is -0.0228. The molecule has 114 valence electrons. The zero-order chi connectivity index (χ0) is 15.5. The summed E-state index contributed by atoms with van der Waals surface area (Å²) in [6, 6.07) is 13.5. The van der Waals surface area contributed by atoms with Gasteiger partial charge in [0.05, 0.1) is 13.2 Å². The molecule has 1 unspecified atom stereocenters. The summed E-state index contributed by atoms with van der Waals surface area (Å²) < 4.78 is 19.7. The molecule has 3 nitrogen and oxygen atoms in total. The summed E-state index contributed by atoms with van der Waals surface area (Å²) >= 11 is 3.40. The van der Waals surface area contributed by atoms with Crippen LogP contribution in [0, 0.1) is 5.82 Å². The first-order chi connectivity index (χ1) is 10.6. The number of morpholine rings is 1. The molecule has 3 rings (SSSR count). The predicted molar refractivity (Wildman–Crippen MR) is 85.1 cm³/mol. The van der Waals surface area contributed by atoms with Crippen molar-refractivity contribution in [3.63, 3.8) is 0 Å². The number of carbonyl (C=O) groups is 1. The summed E-state index contributed by atoms with van der Waals surface area (Å²) in [6.07, 6.45) is -0.133. The second-order valence-electron chi connectivity index (χ2n) is 5.17. The van der Waals surface area contributed by atoms with Crippen molar-refractivity contribution in [1.29, 1.82) is 0 Å². The zero-order valence-electron chi connectivity index (χ0n) is 11.8. The molecule has 5 heteroatoms. The van der Waals surface area contributed by atoms with Crippen molar-refractivity contribution in [1.82, 2.24) is 4.90 Å². The minimum Gasteiger partial charge on any atom is -0.370 e. The summed E-state index contributed by atoms with van der Waals surface area (Å²) in [5, 5.41) is 0. The molecule has 1 atom stereocenters. The van der Waals surface area contributed by atoms with Gasteiger partial charge in [0.1, 0.15) is 11.9 Å². The Balaban J connectivity index is 1.73. The van der Waals surface area contributed by atoms with Gasteiger partial charge in [-0.15, -0.1) is 0 Å². The first kappa shape index (κ1) is 15.2. The topological polar surface area (TPSA) is 29.5 Å². The van der Waals surface area contributed by atoms with E-state index in [0.717, 1.165) is 10.0 Å². The molecule has 2 aromatic rings. The van der Waals surface area contributed by atoms with Crippen molar-refractivity contribution in [2.45, 2.75) is 6.10 Å². The molecule has 1 aliphatic rings. The molecular weight excluding hydrogens is 349 g/mol. The van der Waals surface area contributed by atoms with Gasteiger partial charge in [-0.05, 0) is 42.0 Å². The van der Waals surface area contributed by atoms with E-state index in [2.05, 4.69) is 15.9 Å². The zero-order valence-corrected chi connectivity index (χ0v) is 13.4. The molecule has 0 bridgehead atoms. The quantitative estimate of drug-likeness (QED) is 0.811. The number of carbonyl (C=O) groups excluding carboxylic acids is 1. The highest BCUT2D eigenvalue weighted by Gasteiger charge is 2.26. The molecule has 0 N–H and O–H groups in total. The Morgan fingerprint density at radius 1 is 1.14 bits per heavy atom. The standard InChI is InChI=1S/C17H15BrFNO2/c18-14-5-1-12(2-6-14)16-11-20(9-10-22-16)17(21)13-3-7-15(19)8-4-13/h1-8,16H,9-11H2.